The number of hydrogen-bond donors (Lipinski definition) is 7. The lowest BCUT2D eigenvalue weighted by Crippen LogP contribution is -2.44. The van der Waals surface area contributed by atoms with Crippen molar-refractivity contribution in [2.75, 3.05) is 45.7 Å². The number of ketones is 1. The number of piperazine rings is 1. The topological polar surface area (TPSA) is 249 Å². The number of carbonyl (C=O) groups is 2. The Labute approximate surface area is 400 Å². The fourth-order valence-electron chi connectivity index (χ4n) is 9.14. The fourth-order valence-corrected chi connectivity index (χ4v) is 9.14. The van der Waals surface area contributed by atoms with Gasteiger partial charge in [-0.3, -0.25) is 19.5 Å². The average Bonchev–Trinajstić information content (AvgIpc) is 3.92. The van der Waals surface area contributed by atoms with E-state index in [0.29, 0.717) is 44.2 Å². The van der Waals surface area contributed by atoms with Crippen molar-refractivity contribution in [1.82, 2.24) is 15.1 Å². The molecule has 1 saturated heterocycles. The Morgan fingerprint density at radius 2 is 1.55 bits per heavy atom. The molecule has 370 valence electrons. The van der Waals surface area contributed by atoms with Gasteiger partial charge in [0.2, 0.25) is 0 Å². The summed E-state index contributed by atoms with van der Waals surface area (Å²) in [4.78, 5) is 30.6. The fraction of sp³-hybridized carbons (Fsp3) is 0.451. The molecule has 9 atom stereocenters. The van der Waals surface area contributed by atoms with Gasteiger partial charge >= 0.3 is 5.79 Å². The zero-order chi connectivity index (χ0) is 50.1. The molecule has 1 aromatic heterocycles. The average molecular weight is 954 g/mol. The van der Waals surface area contributed by atoms with Gasteiger partial charge < -0.3 is 59.4 Å². The number of aromatic hydroxyl groups is 3. The summed E-state index contributed by atoms with van der Waals surface area (Å²) in [6.07, 6.45) is 4.67. The molecule has 4 aliphatic heterocycles. The van der Waals surface area contributed by atoms with Gasteiger partial charge in [-0.25, -0.2) is 0 Å². The van der Waals surface area contributed by atoms with Crippen molar-refractivity contribution in [2.24, 2.45) is 28.8 Å². The molecular weight excluding hydrogens is 891 g/mol. The molecule has 1 fully saturated rings. The van der Waals surface area contributed by atoms with E-state index < -0.39 is 82.8 Å². The summed E-state index contributed by atoms with van der Waals surface area (Å²) in [5.74, 6) is -6.45. The van der Waals surface area contributed by atoms with Gasteiger partial charge in [0.05, 0.1) is 72.7 Å². The van der Waals surface area contributed by atoms with Crippen molar-refractivity contribution in [2.45, 2.75) is 85.2 Å². The summed E-state index contributed by atoms with van der Waals surface area (Å²) < 4.78 is 28.7. The van der Waals surface area contributed by atoms with Gasteiger partial charge in [0.25, 0.3) is 11.7 Å². The molecule has 69 heavy (non-hydrogen) atoms. The maximum absolute atomic E-state index is 14.5. The molecule has 18 heteroatoms. The number of aliphatic hydroxyl groups excluding tert-OH is 3. The standard InChI is InChI=1S/C51H63N5O13/c1-26-11-10-12-27(2)50(64)53-41-35(24-52-56-20-18-55(19-21-56)25-34-23-36(54-69-34)32-13-15-33(65-8)16-14-32)46(61)38-39(47(41)62)45(60)31(6)48-40(38)49(63)51(7,68-48)67-22-17-37(66-9)28(3)43(58)30(5)44(59)29(4)42(26)57/h10-17,22-24,26,28-30,37,42-44,57-62H,18-21,25H2,1-9H3,(H,53,64)/b11-10+,22-17+,27-12-,52-24+/t26-,28+,29+,30-,37-,42-,43+,44+,51-/m0/s1. The first-order chi connectivity index (χ1) is 32.8. The van der Waals surface area contributed by atoms with E-state index in [0.717, 1.165) is 11.3 Å². The number of nitrogens with zero attached hydrogens (tertiary/aromatic N) is 4. The monoisotopic (exact) mass is 953 g/mol. The third-order valence-electron chi connectivity index (χ3n) is 13.8. The van der Waals surface area contributed by atoms with Crippen LogP contribution in [0.2, 0.25) is 0 Å². The summed E-state index contributed by atoms with van der Waals surface area (Å²) in [7, 11) is 3.04. The van der Waals surface area contributed by atoms with Gasteiger partial charge in [0.15, 0.2) is 11.5 Å². The molecular formula is C51H63N5O13. The second-order valence-corrected chi connectivity index (χ2v) is 18.4. The van der Waals surface area contributed by atoms with Gasteiger partial charge in [-0.05, 0) is 44.2 Å². The number of hydrazone groups is 1. The predicted molar refractivity (Wildman–Crippen MR) is 257 cm³/mol. The van der Waals surface area contributed by atoms with E-state index in [1.165, 1.54) is 52.5 Å². The maximum Gasteiger partial charge on any atom is 0.312 e. The molecule has 5 heterocycles. The molecule has 5 bridgehead atoms. The van der Waals surface area contributed by atoms with Crippen molar-refractivity contribution >= 4 is 34.4 Å². The number of phenolic OH excluding ortho intramolecular Hbond substituents is 3. The molecule has 4 aliphatic rings. The third kappa shape index (κ3) is 10.0. The van der Waals surface area contributed by atoms with Crippen LogP contribution in [0.5, 0.6) is 28.7 Å². The predicted octanol–water partition coefficient (Wildman–Crippen LogP) is 6.00. The van der Waals surface area contributed by atoms with Crippen LogP contribution in [0.25, 0.3) is 22.0 Å². The highest BCUT2D eigenvalue weighted by molar-refractivity contribution is 6.23. The van der Waals surface area contributed by atoms with E-state index in [9.17, 15) is 40.2 Å². The van der Waals surface area contributed by atoms with Gasteiger partial charge in [-0.2, -0.15) is 5.10 Å². The smallest absolute Gasteiger partial charge is 0.312 e. The number of hydrogen-bond acceptors (Lipinski definition) is 17. The highest BCUT2D eigenvalue weighted by atomic mass is 16.7. The normalized spacial score (nSPS) is 29.2. The molecule has 7 N–H and O–H groups in total. The Morgan fingerprint density at radius 3 is 2.22 bits per heavy atom. The molecule has 18 nitrogen and oxygen atoms in total. The molecule has 0 saturated carbocycles. The van der Waals surface area contributed by atoms with E-state index in [4.69, 9.17) is 23.5 Å². The second kappa shape index (κ2) is 20.7. The van der Waals surface area contributed by atoms with Crippen LogP contribution in [0, 0.1) is 30.6 Å². The first kappa shape index (κ1) is 50.4. The van der Waals surface area contributed by atoms with E-state index in [1.807, 2.05) is 30.3 Å². The van der Waals surface area contributed by atoms with Crippen molar-refractivity contribution in [1.29, 1.82) is 0 Å². The van der Waals surface area contributed by atoms with E-state index >= 15 is 0 Å². The molecule has 0 unspecified atom stereocenters. The summed E-state index contributed by atoms with van der Waals surface area (Å²) in [5, 5.41) is 82.9. The minimum Gasteiger partial charge on any atom is -0.507 e. The number of benzene rings is 3. The maximum atomic E-state index is 14.5. The van der Waals surface area contributed by atoms with E-state index in [2.05, 4.69) is 20.5 Å². The molecule has 0 aliphatic carbocycles. The number of Topliss-reactive ketones (excluding diaryl/α,β-unsaturated/α-hetero) is 1. The first-order valence-electron chi connectivity index (χ1n) is 23.0. The Kier molecular flexibility index (Phi) is 15.1. The van der Waals surface area contributed by atoms with Crippen LogP contribution >= 0.6 is 0 Å². The zero-order valence-corrected chi connectivity index (χ0v) is 40.3. The van der Waals surface area contributed by atoms with E-state index in [1.54, 1.807) is 52.0 Å². The minimum absolute atomic E-state index is 0.0482. The number of anilines is 1. The molecule has 4 aromatic rings. The number of rotatable bonds is 7. The van der Waals surface area contributed by atoms with Crippen molar-refractivity contribution < 1.29 is 63.7 Å². The SMILES string of the molecule is COc1ccc(-c2cc(CN3CCN(/N=C/c4c5c(O)c6c(O)c(C)c7c(c6c4O)C(=O)[C@@](C)(O/C=C/[C@H](OC)[C@@H](C)[C@@H](O)[C@H](C)[C@H](O)[C@H](C)[C@@H](O)[C@@H](C)/C=C/C=C(/C)C(=O)N5)O7)CC3)on2)cc1. The number of fused-ring (bicyclic) bond motifs is 14. The molecule has 3 aromatic carbocycles. The van der Waals surface area contributed by atoms with Crippen molar-refractivity contribution in [3.8, 4) is 40.0 Å². The van der Waals surface area contributed by atoms with Crippen molar-refractivity contribution in [3.05, 3.63) is 88.9 Å². The van der Waals surface area contributed by atoms with Gasteiger partial charge in [0.1, 0.15) is 28.7 Å². The van der Waals surface area contributed by atoms with Gasteiger partial charge in [-0.15, -0.1) is 0 Å². The Bertz CT molecular complexity index is 2670. The Balaban J connectivity index is 1.24. The second-order valence-electron chi connectivity index (χ2n) is 18.4. The number of allylic oxidation sites excluding steroid dienone is 2. The van der Waals surface area contributed by atoms with Crippen LogP contribution in [-0.2, 0) is 20.8 Å². The largest absolute Gasteiger partial charge is 0.507 e. The van der Waals surface area contributed by atoms with Gasteiger partial charge in [-0.1, -0.05) is 51.1 Å². The summed E-state index contributed by atoms with van der Waals surface area (Å²) in [6.45, 7) is 13.7. The van der Waals surface area contributed by atoms with Crippen LogP contribution in [0.3, 0.4) is 0 Å². The lowest BCUT2D eigenvalue weighted by molar-refractivity contribution is -0.112. The Hall–Kier alpha value is -6.44. The number of ether oxygens (including phenoxy) is 4. The quantitative estimate of drug-likeness (QED) is 0.0638. The molecule has 8 rings (SSSR count). The summed E-state index contributed by atoms with van der Waals surface area (Å²) >= 11 is 0. The first-order valence-corrected chi connectivity index (χ1v) is 23.0. The zero-order valence-electron chi connectivity index (χ0n) is 40.3. The summed E-state index contributed by atoms with van der Waals surface area (Å²) in [6, 6.07) is 9.41. The summed E-state index contributed by atoms with van der Waals surface area (Å²) in [5.41, 5.74) is 1.15. The number of methoxy groups -OCH3 is 2. The van der Waals surface area contributed by atoms with Crippen LogP contribution in [0.15, 0.2) is 76.1 Å². The number of amides is 1. The third-order valence-corrected chi connectivity index (χ3v) is 13.8. The molecule has 0 radical (unpaired) electrons. The number of aromatic nitrogens is 1. The highest BCUT2D eigenvalue weighted by Crippen LogP contribution is 2.55. The molecule has 1 amide bonds. The van der Waals surface area contributed by atoms with Crippen LogP contribution in [0.1, 0.15) is 68.8 Å². The van der Waals surface area contributed by atoms with Crippen LogP contribution < -0.4 is 14.8 Å². The minimum atomic E-state index is -2.05. The Morgan fingerprint density at radius 1 is 0.884 bits per heavy atom. The highest BCUT2D eigenvalue weighted by Gasteiger charge is 2.50. The van der Waals surface area contributed by atoms with Crippen LogP contribution in [-0.4, -0.2) is 134 Å². The van der Waals surface area contributed by atoms with Gasteiger partial charge in [0, 0.05) is 92.0 Å². The van der Waals surface area contributed by atoms with Crippen molar-refractivity contribution in [3.63, 3.8) is 0 Å². The number of aliphatic hydroxyl groups is 3. The lowest BCUT2D eigenvalue weighted by atomic mass is 9.78. The lowest BCUT2D eigenvalue weighted by Gasteiger charge is -2.36. The van der Waals surface area contributed by atoms with Crippen LogP contribution in [0.4, 0.5) is 5.69 Å². The number of phenols is 3. The number of carbonyl (C=O) groups excluding carboxylic acids is 2. The molecule has 0 spiro atoms. The van der Waals surface area contributed by atoms with E-state index in [-0.39, 0.29) is 44.5 Å². The number of nitrogens with one attached hydrogen (secondary N) is 1.